The van der Waals surface area contributed by atoms with Crippen LogP contribution in [0.25, 0.3) is 0 Å². The van der Waals surface area contributed by atoms with Crippen LogP contribution in [0.2, 0.25) is 0 Å². The zero-order chi connectivity index (χ0) is 10.9. The van der Waals surface area contributed by atoms with Gasteiger partial charge < -0.3 is 5.32 Å². The Morgan fingerprint density at radius 1 is 1.29 bits per heavy atom. The van der Waals surface area contributed by atoms with E-state index >= 15 is 0 Å². The predicted octanol–water partition coefficient (Wildman–Crippen LogP) is 3.07. The van der Waals surface area contributed by atoms with Crippen molar-refractivity contribution >= 4 is 11.3 Å². The second-order valence-corrected chi connectivity index (χ2v) is 6.02. The lowest BCUT2D eigenvalue weighted by atomic mass is 9.87. The van der Waals surface area contributed by atoms with Crippen molar-refractivity contribution in [3.63, 3.8) is 0 Å². The summed E-state index contributed by atoms with van der Waals surface area (Å²) in [4.78, 5) is 5.93. The molecule has 2 nitrogen and oxygen atoms in total. The highest BCUT2D eigenvalue weighted by atomic mass is 32.1. The Balaban J connectivity index is 3.01. The molecule has 0 aromatic carbocycles. The highest BCUT2D eigenvalue weighted by molar-refractivity contribution is 7.11. The van der Waals surface area contributed by atoms with Crippen molar-refractivity contribution in [2.45, 2.75) is 40.7 Å². The second-order valence-electron chi connectivity index (χ2n) is 4.78. The first kappa shape index (κ1) is 11.7. The van der Waals surface area contributed by atoms with Gasteiger partial charge in [-0.3, -0.25) is 0 Å². The van der Waals surface area contributed by atoms with E-state index in [4.69, 9.17) is 0 Å². The van der Waals surface area contributed by atoms with Crippen LogP contribution >= 0.6 is 11.3 Å². The van der Waals surface area contributed by atoms with Crippen molar-refractivity contribution in [3.8, 4) is 0 Å². The molecule has 0 aliphatic rings. The molecule has 1 aromatic heterocycles. The summed E-state index contributed by atoms with van der Waals surface area (Å²) in [5.74, 6) is 0. The standard InChI is InChI=1S/C11H20N2S/c1-7-8(2)14-10(13-7)9(12-6)11(3,4)5/h9,12H,1-6H3. The molecule has 0 radical (unpaired) electrons. The molecule has 0 amide bonds. The molecule has 0 bridgehead atoms. The summed E-state index contributed by atoms with van der Waals surface area (Å²) >= 11 is 1.80. The molecule has 0 saturated heterocycles. The Morgan fingerprint density at radius 3 is 2.14 bits per heavy atom. The summed E-state index contributed by atoms with van der Waals surface area (Å²) in [6.07, 6.45) is 0. The lowest BCUT2D eigenvalue weighted by Gasteiger charge is -2.28. The van der Waals surface area contributed by atoms with Gasteiger partial charge in [0.1, 0.15) is 5.01 Å². The Morgan fingerprint density at radius 2 is 1.86 bits per heavy atom. The number of nitrogens with one attached hydrogen (secondary N) is 1. The number of aryl methyl sites for hydroxylation is 2. The second kappa shape index (κ2) is 3.99. The van der Waals surface area contributed by atoms with Gasteiger partial charge in [0.15, 0.2) is 0 Å². The third-order valence-electron chi connectivity index (χ3n) is 2.45. The minimum Gasteiger partial charge on any atom is -0.311 e. The maximum atomic E-state index is 4.60. The first-order valence-electron chi connectivity index (χ1n) is 4.97. The smallest absolute Gasteiger partial charge is 0.111 e. The fraction of sp³-hybridized carbons (Fsp3) is 0.727. The molecule has 1 atom stereocenters. The van der Waals surface area contributed by atoms with Gasteiger partial charge in [0, 0.05) is 4.88 Å². The number of thiazole rings is 1. The van der Waals surface area contributed by atoms with Gasteiger partial charge in [0.25, 0.3) is 0 Å². The summed E-state index contributed by atoms with van der Waals surface area (Å²) in [6.45, 7) is 10.9. The third-order valence-corrected chi connectivity index (χ3v) is 3.58. The van der Waals surface area contributed by atoms with Gasteiger partial charge in [-0.1, -0.05) is 20.8 Å². The van der Waals surface area contributed by atoms with Gasteiger partial charge in [-0.05, 0) is 26.3 Å². The fourth-order valence-corrected chi connectivity index (χ4v) is 2.83. The largest absolute Gasteiger partial charge is 0.311 e. The van der Waals surface area contributed by atoms with Crippen LogP contribution in [0.3, 0.4) is 0 Å². The van der Waals surface area contributed by atoms with Crippen LogP contribution in [0.15, 0.2) is 0 Å². The predicted molar refractivity (Wildman–Crippen MR) is 62.8 cm³/mol. The molecule has 0 saturated carbocycles. The summed E-state index contributed by atoms with van der Waals surface area (Å²) in [7, 11) is 2.00. The van der Waals surface area contributed by atoms with Crippen LogP contribution in [0.5, 0.6) is 0 Å². The molecule has 1 aromatic rings. The van der Waals surface area contributed by atoms with Crippen molar-refractivity contribution in [1.29, 1.82) is 0 Å². The van der Waals surface area contributed by atoms with E-state index in [1.54, 1.807) is 11.3 Å². The molecule has 0 fully saturated rings. The average Bonchev–Trinajstić information content (AvgIpc) is 2.30. The number of aromatic nitrogens is 1. The third kappa shape index (κ3) is 2.34. The quantitative estimate of drug-likeness (QED) is 0.815. The van der Waals surface area contributed by atoms with E-state index in [0.29, 0.717) is 6.04 Å². The number of hydrogen-bond donors (Lipinski definition) is 1. The number of hydrogen-bond acceptors (Lipinski definition) is 3. The van der Waals surface area contributed by atoms with Crippen molar-refractivity contribution in [2.75, 3.05) is 7.05 Å². The van der Waals surface area contributed by atoms with E-state index < -0.39 is 0 Å². The monoisotopic (exact) mass is 212 g/mol. The molecule has 3 heteroatoms. The van der Waals surface area contributed by atoms with E-state index in [1.807, 2.05) is 7.05 Å². The van der Waals surface area contributed by atoms with Gasteiger partial charge >= 0.3 is 0 Å². The van der Waals surface area contributed by atoms with Crippen LogP contribution in [0, 0.1) is 19.3 Å². The summed E-state index contributed by atoms with van der Waals surface area (Å²) < 4.78 is 0. The van der Waals surface area contributed by atoms with Crippen molar-refractivity contribution in [2.24, 2.45) is 5.41 Å². The maximum absolute atomic E-state index is 4.60. The van der Waals surface area contributed by atoms with Crippen LogP contribution in [-0.4, -0.2) is 12.0 Å². The van der Waals surface area contributed by atoms with Gasteiger partial charge in [-0.25, -0.2) is 4.98 Å². The molecule has 0 spiro atoms. The van der Waals surface area contributed by atoms with E-state index in [1.165, 1.54) is 9.88 Å². The zero-order valence-corrected chi connectivity index (χ0v) is 10.7. The van der Waals surface area contributed by atoms with Gasteiger partial charge in [0.05, 0.1) is 11.7 Å². The van der Waals surface area contributed by atoms with E-state index in [-0.39, 0.29) is 5.41 Å². The van der Waals surface area contributed by atoms with Crippen LogP contribution in [0.1, 0.15) is 42.4 Å². The van der Waals surface area contributed by atoms with Crippen LogP contribution < -0.4 is 5.32 Å². The lowest BCUT2D eigenvalue weighted by molar-refractivity contribution is 0.286. The summed E-state index contributed by atoms with van der Waals surface area (Å²) in [5.41, 5.74) is 1.38. The zero-order valence-electron chi connectivity index (χ0n) is 9.93. The topological polar surface area (TPSA) is 24.9 Å². The molecule has 1 N–H and O–H groups in total. The van der Waals surface area contributed by atoms with Crippen molar-refractivity contribution in [1.82, 2.24) is 10.3 Å². The summed E-state index contributed by atoms with van der Waals surface area (Å²) in [6, 6.07) is 0.347. The first-order valence-corrected chi connectivity index (χ1v) is 5.79. The minimum absolute atomic E-state index is 0.214. The van der Waals surface area contributed by atoms with Crippen molar-refractivity contribution in [3.05, 3.63) is 15.6 Å². The molecule has 1 heterocycles. The average molecular weight is 212 g/mol. The van der Waals surface area contributed by atoms with Gasteiger partial charge in [0.2, 0.25) is 0 Å². The Hall–Kier alpha value is -0.410. The molecule has 80 valence electrons. The molecule has 1 unspecified atom stereocenters. The van der Waals surface area contributed by atoms with E-state index in [0.717, 1.165) is 5.69 Å². The highest BCUT2D eigenvalue weighted by Gasteiger charge is 2.27. The fourth-order valence-electron chi connectivity index (χ4n) is 1.55. The van der Waals surface area contributed by atoms with Crippen LogP contribution in [0.4, 0.5) is 0 Å². The molecule has 0 aliphatic heterocycles. The van der Waals surface area contributed by atoms with Gasteiger partial charge in [-0.2, -0.15) is 0 Å². The molecule has 0 aliphatic carbocycles. The number of nitrogens with zero attached hydrogens (tertiary/aromatic N) is 1. The SMILES string of the molecule is CNC(c1nc(C)c(C)s1)C(C)(C)C. The Bertz CT molecular complexity index is 290. The van der Waals surface area contributed by atoms with Crippen molar-refractivity contribution < 1.29 is 0 Å². The Kier molecular flexibility index (Phi) is 3.32. The Labute approximate surface area is 90.8 Å². The molecule has 14 heavy (non-hydrogen) atoms. The normalized spacial score (nSPS) is 14.4. The van der Waals surface area contributed by atoms with Crippen LogP contribution in [-0.2, 0) is 0 Å². The molecule has 1 rings (SSSR count). The maximum Gasteiger partial charge on any atom is 0.111 e. The van der Waals surface area contributed by atoms with Gasteiger partial charge in [-0.15, -0.1) is 11.3 Å². The lowest BCUT2D eigenvalue weighted by Crippen LogP contribution is -2.29. The van der Waals surface area contributed by atoms with E-state index in [9.17, 15) is 0 Å². The molecular weight excluding hydrogens is 192 g/mol. The summed E-state index contributed by atoms with van der Waals surface area (Å²) in [5, 5.41) is 4.55. The number of rotatable bonds is 2. The minimum atomic E-state index is 0.214. The van der Waals surface area contributed by atoms with E-state index in [2.05, 4.69) is 44.9 Å². The highest BCUT2D eigenvalue weighted by Crippen LogP contribution is 2.35. The molecular formula is C11H20N2S. The first-order chi connectivity index (χ1) is 6.36.